The quantitative estimate of drug-likeness (QED) is 0.395. The minimum atomic E-state index is -0.173. The van der Waals surface area contributed by atoms with Gasteiger partial charge in [-0.15, -0.1) is 24.2 Å². The zero-order valence-electron chi connectivity index (χ0n) is 18.0. The lowest BCUT2D eigenvalue weighted by Crippen LogP contribution is -2.51. The van der Waals surface area contributed by atoms with E-state index < -0.39 is 0 Å². The Morgan fingerprint density at radius 3 is 2.77 bits per heavy atom. The monoisotopic (exact) mass is 487 g/mol. The summed E-state index contributed by atoms with van der Waals surface area (Å²) in [6.07, 6.45) is 8.48. The number of hydrogen-bond donors (Lipinski definition) is 4. The molecule has 3 rings (SSSR count). The number of thioether (sulfide) groups is 1. The van der Waals surface area contributed by atoms with E-state index in [-0.39, 0.29) is 36.1 Å². The highest BCUT2D eigenvalue weighted by atomic mass is 35.5. The van der Waals surface area contributed by atoms with Crippen LogP contribution < -0.4 is 20.7 Å². The highest BCUT2D eigenvalue weighted by Crippen LogP contribution is 2.28. The fourth-order valence-electron chi connectivity index (χ4n) is 4.14. The first kappa shape index (κ1) is 26.0. The van der Waals surface area contributed by atoms with E-state index >= 15 is 0 Å². The lowest BCUT2D eigenvalue weighted by atomic mass is 9.85. The zero-order valence-corrected chi connectivity index (χ0v) is 20.5. The standard InChI is InChI=1S/C22H33N3O3S2.ClH/c1-28-20-10-8-16(11-19(20)26)12-23-22(29)17(9-7-15-5-3-2-4-6-15)25-21(27)18-13-30-14-24-18;/h8,10-11,15,17-18,24,26H,2-7,9,12-14H2,1H3,(H,23,29)(H,25,27);1H/t17-,18+;/m1./s1. The third kappa shape index (κ3) is 8.00. The number of ether oxygens (including phenoxy) is 1. The van der Waals surface area contributed by atoms with Gasteiger partial charge >= 0.3 is 0 Å². The molecule has 0 radical (unpaired) electrons. The maximum atomic E-state index is 12.7. The van der Waals surface area contributed by atoms with Crippen molar-refractivity contribution < 1.29 is 14.6 Å². The molecule has 1 heterocycles. The summed E-state index contributed by atoms with van der Waals surface area (Å²) in [5, 5.41) is 19.7. The first-order valence-corrected chi connectivity index (χ1v) is 12.4. The zero-order chi connectivity index (χ0) is 21.3. The van der Waals surface area contributed by atoms with Gasteiger partial charge in [0.25, 0.3) is 0 Å². The van der Waals surface area contributed by atoms with Crippen molar-refractivity contribution in [2.75, 3.05) is 18.7 Å². The number of phenolic OH excluding ortho intramolecular Hbond substituents is 1. The Morgan fingerprint density at radius 1 is 1.35 bits per heavy atom. The molecule has 174 valence electrons. The van der Waals surface area contributed by atoms with Gasteiger partial charge in [0.05, 0.1) is 24.2 Å². The fraction of sp³-hybridized carbons (Fsp3) is 0.636. The normalized spacial score (nSPS) is 19.8. The average molecular weight is 488 g/mol. The first-order chi connectivity index (χ1) is 14.6. The van der Waals surface area contributed by atoms with Crippen LogP contribution in [0.3, 0.4) is 0 Å². The van der Waals surface area contributed by atoms with E-state index in [1.807, 2.05) is 6.07 Å². The molecule has 6 nitrogen and oxygen atoms in total. The second-order valence-electron chi connectivity index (χ2n) is 8.14. The summed E-state index contributed by atoms with van der Waals surface area (Å²) < 4.78 is 5.09. The van der Waals surface area contributed by atoms with E-state index in [9.17, 15) is 9.90 Å². The Morgan fingerprint density at radius 2 is 2.13 bits per heavy atom. The molecule has 2 atom stereocenters. The van der Waals surface area contributed by atoms with Crippen LogP contribution in [0, 0.1) is 5.92 Å². The highest BCUT2D eigenvalue weighted by Gasteiger charge is 2.27. The van der Waals surface area contributed by atoms with Gasteiger partial charge in [0.2, 0.25) is 5.91 Å². The first-order valence-electron chi connectivity index (χ1n) is 10.8. The molecule has 1 aromatic carbocycles. The molecule has 0 unspecified atom stereocenters. The van der Waals surface area contributed by atoms with E-state index in [1.165, 1.54) is 39.2 Å². The Balaban J connectivity index is 0.00000341. The number of thiocarbonyl (C=S) groups is 1. The van der Waals surface area contributed by atoms with Crippen LogP contribution in [-0.4, -0.2) is 46.8 Å². The molecule has 1 aliphatic heterocycles. The van der Waals surface area contributed by atoms with Crippen LogP contribution in [0.25, 0.3) is 0 Å². The number of amides is 1. The van der Waals surface area contributed by atoms with Gasteiger partial charge in [0.15, 0.2) is 11.5 Å². The van der Waals surface area contributed by atoms with Crippen LogP contribution in [0.15, 0.2) is 18.2 Å². The van der Waals surface area contributed by atoms with E-state index in [0.29, 0.717) is 17.3 Å². The van der Waals surface area contributed by atoms with Crippen molar-refractivity contribution in [1.82, 2.24) is 16.0 Å². The van der Waals surface area contributed by atoms with E-state index in [0.717, 1.165) is 36.0 Å². The predicted octanol–water partition coefficient (Wildman–Crippen LogP) is 3.75. The molecular formula is C22H34ClN3O3S2. The Bertz CT molecular complexity index is 726. The van der Waals surface area contributed by atoms with Gasteiger partial charge in [0, 0.05) is 18.2 Å². The molecular weight excluding hydrogens is 454 g/mol. The van der Waals surface area contributed by atoms with Gasteiger partial charge in [-0.25, -0.2) is 0 Å². The summed E-state index contributed by atoms with van der Waals surface area (Å²) in [5.74, 6) is 2.93. The summed E-state index contributed by atoms with van der Waals surface area (Å²) in [6, 6.07) is 4.98. The molecule has 0 aromatic heterocycles. The molecule has 2 aliphatic rings. The van der Waals surface area contributed by atoms with Gasteiger partial charge in [-0.05, 0) is 36.5 Å². The van der Waals surface area contributed by atoms with Crippen molar-refractivity contribution in [2.45, 2.75) is 63.6 Å². The predicted molar refractivity (Wildman–Crippen MR) is 133 cm³/mol. The summed E-state index contributed by atoms with van der Waals surface area (Å²) in [7, 11) is 1.53. The van der Waals surface area contributed by atoms with Crippen molar-refractivity contribution in [1.29, 1.82) is 0 Å². The number of carbonyl (C=O) groups excluding carboxylic acids is 1. The number of aromatic hydroxyl groups is 1. The van der Waals surface area contributed by atoms with Crippen molar-refractivity contribution in [3.8, 4) is 11.5 Å². The van der Waals surface area contributed by atoms with Gasteiger partial charge in [-0.2, -0.15) is 0 Å². The minimum absolute atomic E-state index is 0. The topological polar surface area (TPSA) is 82.6 Å². The van der Waals surface area contributed by atoms with Gasteiger partial charge in [0.1, 0.15) is 0 Å². The van der Waals surface area contributed by atoms with E-state index in [1.54, 1.807) is 23.9 Å². The van der Waals surface area contributed by atoms with Crippen LogP contribution in [0.1, 0.15) is 50.5 Å². The molecule has 1 saturated heterocycles. The molecule has 1 aromatic rings. The number of hydrogen-bond acceptors (Lipinski definition) is 6. The number of phenols is 1. The molecule has 0 spiro atoms. The maximum absolute atomic E-state index is 12.7. The van der Waals surface area contributed by atoms with Crippen molar-refractivity contribution in [3.63, 3.8) is 0 Å². The molecule has 1 saturated carbocycles. The molecule has 31 heavy (non-hydrogen) atoms. The second-order valence-corrected chi connectivity index (χ2v) is 9.61. The van der Waals surface area contributed by atoms with Crippen LogP contribution >= 0.6 is 36.4 Å². The molecule has 2 fully saturated rings. The van der Waals surface area contributed by atoms with E-state index in [4.69, 9.17) is 17.0 Å². The summed E-state index contributed by atoms with van der Waals surface area (Å²) in [4.78, 5) is 13.3. The third-order valence-electron chi connectivity index (χ3n) is 5.96. The Kier molecular flexibility index (Phi) is 11.2. The van der Waals surface area contributed by atoms with Crippen molar-refractivity contribution >= 4 is 47.3 Å². The number of rotatable bonds is 9. The third-order valence-corrected chi connectivity index (χ3v) is 7.33. The van der Waals surface area contributed by atoms with E-state index in [2.05, 4.69) is 16.0 Å². The Hall–Kier alpha value is -1.22. The Labute approximate surface area is 201 Å². The second kappa shape index (κ2) is 13.4. The molecule has 0 bridgehead atoms. The average Bonchev–Trinajstić information content (AvgIpc) is 3.31. The van der Waals surface area contributed by atoms with Crippen LogP contribution in [0.4, 0.5) is 0 Å². The molecule has 1 aliphatic carbocycles. The van der Waals surface area contributed by atoms with Crippen LogP contribution in [0.2, 0.25) is 0 Å². The van der Waals surface area contributed by atoms with Crippen LogP contribution in [0.5, 0.6) is 11.5 Å². The maximum Gasteiger partial charge on any atom is 0.238 e. The SMILES string of the molecule is COc1ccc(CNC(=S)[C@@H](CCC2CCCCC2)NC(=O)[C@@H]2CSCN2)cc1O.Cl. The summed E-state index contributed by atoms with van der Waals surface area (Å²) >= 11 is 7.42. The number of nitrogens with one attached hydrogen (secondary N) is 3. The molecule has 4 N–H and O–H groups in total. The van der Waals surface area contributed by atoms with Crippen LogP contribution in [-0.2, 0) is 11.3 Å². The van der Waals surface area contributed by atoms with Crippen molar-refractivity contribution in [3.05, 3.63) is 23.8 Å². The lowest BCUT2D eigenvalue weighted by Gasteiger charge is -2.26. The van der Waals surface area contributed by atoms with Gasteiger partial charge < -0.3 is 20.5 Å². The number of methoxy groups -OCH3 is 1. The molecule has 1 amide bonds. The number of benzene rings is 1. The van der Waals surface area contributed by atoms with Gasteiger partial charge in [-0.1, -0.05) is 50.4 Å². The minimum Gasteiger partial charge on any atom is -0.504 e. The lowest BCUT2D eigenvalue weighted by molar-refractivity contribution is -0.122. The highest BCUT2D eigenvalue weighted by molar-refractivity contribution is 7.99. The smallest absolute Gasteiger partial charge is 0.238 e. The molecule has 9 heteroatoms. The largest absolute Gasteiger partial charge is 0.504 e. The summed E-state index contributed by atoms with van der Waals surface area (Å²) in [5.41, 5.74) is 0.905. The number of carbonyl (C=O) groups is 1. The summed E-state index contributed by atoms with van der Waals surface area (Å²) in [6.45, 7) is 0.490. The van der Waals surface area contributed by atoms with Gasteiger partial charge in [-0.3, -0.25) is 10.1 Å². The number of halogens is 1. The fourth-order valence-corrected chi connectivity index (χ4v) is 5.33. The van der Waals surface area contributed by atoms with Crippen molar-refractivity contribution in [2.24, 2.45) is 5.92 Å².